The van der Waals surface area contributed by atoms with Crippen molar-refractivity contribution in [1.82, 2.24) is 14.5 Å². The van der Waals surface area contributed by atoms with Crippen molar-refractivity contribution >= 4 is 25.8 Å². The van der Waals surface area contributed by atoms with Gasteiger partial charge in [0, 0.05) is 31.2 Å². The molecule has 2 fully saturated rings. The van der Waals surface area contributed by atoms with Crippen molar-refractivity contribution in [1.29, 1.82) is 0 Å². The molecule has 1 aliphatic heterocycles. The topological polar surface area (TPSA) is 104 Å². The Hall–Kier alpha value is -1.49. The van der Waals surface area contributed by atoms with Gasteiger partial charge in [-0.15, -0.1) is 0 Å². The van der Waals surface area contributed by atoms with E-state index in [1.165, 1.54) is 4.31 Å². The molecule has 0 unspecified atom stereocenters. The molecule has 1 heterocycles. The first-order chi connectivity index (χ1) is 15.6. The van der Waals surface area contributed by atoms with E-state index in [2.05, 4.69) is 5.32 Å². The predicted octanol–water partition coefficient (Wildman–Crippen LogP) is 2.33. The molecule has 0 aromatic heterocycles. The molecule has 1 N–H and O–H groups in total. The van der Waals surface area contributed by atoms with Crippen LogP contribution in [0.15, 0.2) is 29.2 Å². The molecule has 3 rings (SSSR count). The summed E-state index contributed by atoms with van der Waals surface area (Å²) < 4.78 is 50.8. The van der Waals surface area contributed by atoms with E-state index in [1.54, 1.807) is 24.3 Å². The first-order valence-corrected chi connectivity index (χ1v) is 15.2. The minimum absolute atomic E-state index is 0.0587. The summed E-state index contributed by atoms with van der Waals surface area (Å²) in [6, 6.07) is 6.50. The highest BCUT2D eigenvalue weighted by molar-refractivity contribution is 7.91. The Morgan fingerprint density at radius 1 is 1.06 bits per heavy atom. The van der Waals surface area contributed by atoms with Gasteiger partial charge in [0.2, 0.25) is 15.9 Å². The minimum Gasteiger partial charge on any atom is -0.335 e. The molecule has 33 heavy (non-hydrogen) atoms. The molecule has 2 aliphatic rings. The van der Waals surface area contributed by atoms with E-state index < -0.39 is 19.9 Å². The lowest BCUT2D eigenvalue weighted by Gasteiger charge is -2.34. The van der Waals surface area contributed by atoms with Crippen molar-refractivity contribution < 1.29 is 21.6 Å². The Morgan fingerprint density at radius 3 is 2.18 bits per heavy atom. The van der Waals surface area contributed by atoms with Crippen LogP contribution in [0.3, 0.4) is 0 Å². The predicted molar refractivity (Wildman–Crippen MR) is 129 cm³/mol. The monoisotopic (exact) mass is 499 g/mol. The highest BCUT2D eigenvalue weighted by atomic mass is 32.2. The summed E-state index contributed by atoms with van der Waals surface area (Å²) in [6.07, 6.45) is 4.52. The highest BCUT2D eigenvalue weighted by Crippen LogP contribution is 2.29. The van der Waals surface area contributed by atoms with Crippen molar-refractivity contribution in [2.24, 2.45) is 0 Å². The Kier molecular flexibility index (Phi) is 8.58. The van der Waals surface area contributed by atoms with Gasteiger partial charge in [-0.05, 0) is 43.9 Å². The normalized spacial score (nSPS) is 22.0. The van der Waals surface area contributed by atoms with Crippen molar-refractivity contribution in [3.05, 3.63) is 29.8 Å². The van der Waals surface area contributed by atoms with Crippen LogP contribution in [0, 0.1) is 0 Å². The third-order valence-corrected chi connectivity index (χ3v) is 10.7. The zero-order chi connectivity index (χ0) is 24.2. The number of rotatable bonds is 10. The van der Waals surface area contributed by atoms with Gasteiger partial charge in [-0.2, -0.15) is 4.31 Å². The second kappa shape index (κ2) is 10.8. The van der Waals surface area contributed by atoms with E-state index in [0.29, 0.717) is 19.5 Å². The molecular weight excluding hydrogens is 462 g/mol. The van der Waals surface area contributed by atoms with Gasteiger partial charge in [-0.1, -0.05) is 38.8 Å². The number of hydrogen-bond donors (Lipinski definition) is 1. The lowest BCUT2D eigenvalue weighted by atomic mass is 10.1. The molecular formula is C23H37N3O5S2. The van der Waals surface area contributed by atoms with Gasteiger partial charge in [0.05, 0.1) is 22.9 Å². The molecule has 0 spiro atoms. The lowest BCUT2D eigenvalue weighted by molar-refractivity contribution is -0.134. The van der Waals surface area contributed by atoms with E-state index >= 15 is 0 Å². The number of sulfone groups is 1. The lowest BCUT2D eigenvalue weighted by Crippen LogP contribution is -2.50. The molecule has 10 heteroatoms. The summed E-state index contributed by atoms with van der Waals surface area (Å²) in [7, 11) is -6.58. The standard InChI is InChI=1S/C23H37N3O5S2/c1-4-25(5-2)33(30,31)22-12-10-19(11-13-22)18(3)24-16-23(27)26(20-8-6-7-9-20)21-14-15-32(28,29)17-21/h10-13,18,20-21,24H,4-9,14-17H2,1-3H3/t18-,21+/m1/s1. The Bertz CT molecular complexity index is 1010. The fourth-order valence-electron chi connectivity index (χ4n) is 4.97. The second-order valence-corrected chi connectivity index (χ2v) is 13.2. The van der Waals surface area contributed by atoms with Crippen LogP contribution >= 0.6 is 0 Å². The summed E-state index contributed by atoms with van der Waals surface area (Å²) >= 11 is 0. The molecule has 1 aromatic rings. The maximum Gasteiger partial charge on any atom is 0.243 e. The van der Waals surface area contributed by atoms with Gasteiger partial charge >= 0.3 is 0 Å². The van der Waals surface area contributed by atoms with Gasteiger partial charge in [0.1, 0.15) is 0 Å². The molecule has 8 nitrogen and oxygen atoms in total. The number of nitrogens with one attached hydrogen (secondary N) is 1. The summed E-state index contributed by atoms with van der Waals surface area (Å²) in [5.74, 6) is 0.158. The molecule has 0 radical (unpaired) electrons. The minimum atomic E-state index is -3.51. The van der Waals surface area contributed by atoms with Gasteiger partial charge in [0.15, 0.2) is 9.84 Å². The van der Waals surface area contributed by atoms with E-state index in [9.17, 15) is 21.6 Å². The highest BCUT2D eigenvalue weighted by Gasteiger charge is 2.38. The van der Waals surface area contributed by atoms with Crippen LogP contribution in [0.2, 0.25) is 0 Å². The zero-order valence-electron chi connectivity index (χ0n) is 19.9. The van der Waals surface area contributed by atoms with Gasteiger partial charge in [0.25, 0.3) is 0 Å². The zero-order valence-corrected chi connectivity index (χ0v) is 21.5. The van der Waals surface area contributed by atoms with Crippen molar-refractivity contribution in [2.45, 2.75) is 75.9 Å². The number of amides is 1. The van der Waals surface area contributed by atoms with Crippen molar-refractivity contribution in [3.63, 3.8) is 0 Å². The van der Waals surface area contributed by atoms with Crippen LogP contribution in [0.25, 0.3) is 0 Å². The van der Waals surface area contributed by atoms with Gasteiger partial charge in [-0.25, -0.2) is 16.8 Å². The maximum atomic E-state index is 13.2. The Morgan fingerprint density at radius 2 is 1.67 bits per heavy atom. The van der Waals surface area contributed by atoms with Crippen molar-refractivity contribution in [2.75, 3.05) is 31.1 Å². The third-order valence-electron chi connectivity index (χ3n) is 6.89. The molecule has 1 saturated heterocycles. The number of nitrogens with zero attached hydrogens (tertiary/aromatic N) is 2. The van der Waals surface area contributed by atoms with E-state index in [4.69, 9.17) is 0 Å². The number of hydrogen-bond acceptors (Lipinski definition) is 6. The van der Waals surface area contributed by atoms with E-state index in [1.807, 2.05) is 25.7 Å². The quantitative estimate of drug-likeness (QED) is 0.530. The van der Waals surface area contributed by atoms with Gasteiger partial charge < -0.3 is 10.2 Å². The Labute approximate surface area is 198 Å². The van der Waals surface area contributed by atoms with Crippen LogP contribution in [-0.4, -0.2) is 75.2 Å². The summed E-state index contributed by atoms with van der Waals surface area (Å²) in [5.41, 5.74) is 0.886. The van der Waals surface area contributed by atoms with Crippen LogP contribution in [0.5, 0.6) is 0 Å². The fourth-order valence-corrected chi connectivity index (χ4v) is 8.14. The first-order valence-electron chi connectivity index (χ1n) is 11.9. The van der Waals surface area contributed by atoms with Crippen LogP contribution in [0.4, 0.5) is 0 Å². The fraction of sp³-hybridized carbons (Fsp3) is 0.696. The first kappa shape index (κ1) is 26.1. The summed E-state index contributed by atoms with van der Waals surface area (Å²) in [4.78, 5) is 15.3. The largest absolute Gasteiger partial charge is 0.335 e. The molecule has 1 amide bonds. The van der Waals surface area contributed by atoms with E-state index in [0.717, 1.165) is 31.2 Å². The average Bonchev–Trinajstić information content (AvgIpc) is 3.43. The number of sulfonamides is 1. The van der Waals surface area contributed by atoms with Crippen LogP contribution in [-0.2, 0) is 24.7 Å². The molecule has 0 bridgehead atoms. The molecule has 186 valence electrons. The average molecular weight is 500 g/mol. The maximum absolute atomic E-state index is 13.2. The molecule has 1 saturated carbocycles. The third kappa shape index (κ3) is 6.15. The van der Waals surface area contributed by atoms with Crippen LogP contribution in [0.1, 0.15) is 64.5 Å². The number of benzene rings is 1. The van der Waals surface area contributed by atoms with E-state index in [-0.39, 0.29) is 47.0 Å². The summed E-state index contributed by atoms with van der Waals surface area (Å²) in [5, 5.41) is 3.25. The number of carbonyl (C=O) groups is 1. The summed E-state index contributed by atoms with van der Waals surface area (Å²) in [6.45, 7) is 6.51. The number of carbonyl (C=O) groups excluding carboxylic acids is 1. The molecule has 1 aromatic carbocycles. The second-order valence-electron chi connectivity index (χ2n) is 9.06. The van der Waals surface area contributed by atoms with Crippen LogP contribution < -0.4 is 5.32 Å². The smallest absolute Gasteiger partial charge is 0.243 e. The Balaban J connectivity index is 1.65. The molecule has 2 atom stereocenters. The SMILES string of the molecule is CCN(CC)S(=O)(=O)c1ccc([C@@H](C)NCC(=O)N(C2CCCC2)[C@H]2CCS(=O)(=O)C2)cc1. The molecule has 1 aliphatic carbocycles. The van der Waals surface area contributed by atoms with Gasteiger partial charge in [-0.3, -0.25) is 4.79 Å². The van der Waals surface area contributed by atoms with Crippen molar-refractivity contribution in [3.8, 4) is 0 Å².